The highest BCUT2D eigenvalue weighted by molar-refractivity contribution is 5.91. The molecule has 2 amide bonds. The lowest BCUT2D eigenvalue weighted by atomic mass is 10.1. The summed E-state index contributed by atoms with van der Waals surface area (Å²) in [6.07, 6.45) is 4.28. The third-order valence-electron chi connectivity index (χ3n) is 3.25. The molecule has 1 aliphatic heterocycles. The molecule has 2 heterocycles. The molecule has 0 radical (unpaired) electrons. The number of nitrogens with one attached hydrogen (secondary N) is 1. The topological polar surface area (TPSA) is 91.4 Å². The van der Waals surface area contributed by atoms with Gasteiger partial charge in [-0.15, -0.1) is 0 Å². The molecular formula is C12H19N5O3. The zero-order valence-electron chi connectivity index (χ0n) is 11.5. The van der Waals surface area contributed by atoms with Crippen molar-refractivity contribution in [3.8, 4) is 0 Å². The Morgan fingerprint density at radius 2 is 2.15 bits per heavy atom. The number of H-pyrrole nitrogens is 1. The van der Waals surface area contributed by atoms with Crippen LogP contribution in [-0.4, -0.2) is 70.5 Å². The van der Waals surface area contributed by atoms with E-state index >= 15 is 0 Å². The van der Waals surface area contributed by atoms with Crippen LogP contribution in [0, 0.1) is 0 Å². The van der Waals surface area contributed by atoms with E-state index in [-0.39, 0.29) is 24.3 Å². The van der Waals surface area contributed by atoms with Crippen molar-refractivity contribution in [2.75, 3.05) is 33.3 Å². The lowest BCUT2D eigenvalue weighted by Gasteiger charge is -2.26. The zero-order valence-corrected chi connectivity index (χ0v) is 11.5. The average Bonchev–Trinajstić information content (AvgIpc) is 3.01. The maximum absolute atomic E-state index is 11.8. The summed E-state index contributed by atoms with van der Waals surface area (Å²) in [5, 5.41) is 9.67. The summed E-state index contributed by atoms with van der Waals surface area (Å²) in [5.41, 5.74) is 0.245. The molecule has 1 aromatic rings. The van der Waals surface area contributed by atoms with E-state index in [1.54, 1.807) is 11.9 Å². The number of carbonyl (C=O) groups excluding carboxylic acids is 2. The molecule has 0 atom stereocenters. The number of piperidine rings is 1. The Labute approximate surface area is 117 Å². The summed E-state index contributed by atoms with van der Waals surface area (Å²) < 4.78 is 5.17. The predicted octanol–water partition coefficient (Wildman–Crippen LogP) is 0.499. The largest absolute Gasteiger partial charge is 0.448 e. The first-order chi connectivity index (χ1) is 9.68. The summed E-state index contributed by atoms with van der Waals surface area (Å²) in [5.74, 6) is -0.257. The number of likely N-dealkylation sites (N-methyl/N-ethyl adjacent to an activating group) is 1. The molecule has 0 spiro atoms. The molecule has 20 heavy (non-hydrogen) atoms. The third-order valence-corrected chi connectivity index (χ3v) is 3.25. The van der Waals surface area contributed by atoms with Crippen molar-refractivity contribution >= 4 is 12.0 Å². The van der Waals surface area contributed by atoms with Crippen molar-refractivity contribution in [2.24, 2.45) is 0 Å². The number of ether oxygens (including phenoxy) is 1. The first-order valence-electron chi connectivity index (χ1n) is 6.71. The molecule has 1 aliphatic rings. The minimum Gasteiger partial charge on any atom is -0.448 e. The van der Waals surface area contributed by atoms with Gasteiger partial charge in [-0.1, -0.05) is 0 Å². The molecule has 1 saturated heterocycles. The van der Waals surface area contributed by atoms with E-state index in [0.717, 1.165) is 25.9 Å². The summed E-state index contributed by atoms with van der Waals surface area (Å²) in [4.78, 5) is 26.7. The number of rotatable bonds is 4. The first-order valence-corrected chi connectivity index (χ1v) is 6.71. The fraction of sp³-hybridized carbons (Fsp3) is 0.667. The monoisotopic (exact) mass is 281 g/mol. The van der Waals surface area contributed by atoms with Gasteiger partial charge in [-0.25, -0.2) is 4.79 Å². The van der Waals surface area contributed by atoms with Gasteiger partial charge in [0.25, 0.3) is 5.91 Å². The second-order valence-corrected chi connectivity index (χ2v) is 4.74. The fourth-order valence-electron chi connectivity index (χ4n) is 2.04. The Morgan fingerprint density at radius 1 is 1.40 bits per heavy atom. The van der Waals surface area contributed by atoms with E-state index in [2.05, 4.69) is 15.4 Å². The predicted molar refractivity (Wildman–Crippen MR) is 70.1 cm³/mol. The van der Waals surface area contributed by atoms with E-state index in [0.29, 0.717) is 6.54 Å². The van der Waals surface area contributed by atoms with Crippen molar-refractivity contribution in [1.29, 1.82) is 0 Å². The number of carbonyl (C=O) groups is 2. The molecule has 2 rings (SSSR count). The molecule has 8 nitrogen and oxygen atoms in total. The average molecular weight is 281 g/mol. The maximum Gasteiger partial charge on any atom is 0.409 e. The zero-order chi connectivity index (χ0) is 14.4. The number of aromatic amines is 1. The van der Waals surface area contributed by atoms with Crippen LogP contribution in [0.4, 0.5) is 4.79 Å². The number of likely N-dealkylation sites (tertiary alicyclic amines) is 1. The molecule has 0 aromatic carbocycles. The molecule has 0 unspecified atom stereocenters. The van der Waals surface area contributed by atoms with Crippen molar-refractivity contribution < 1.29 is 14.3 Å². The summed E-state index contributed by atoms with van der Waals surface area (Å²) >= 11 is 0. The van der Waals surface area contributed by atoms with Gasteiger partial charge in [0.2, 0.25) is 0 Å². The SMILES string of the molecule is CN(CCOC(=O)N1CCCCC1)C(=O)c1cn[nH]n1. The molecular weight excluding hydrogens is 262 g/mol. The fourth-order valence-corrected chi connectivity index (χ4v) is 2.04. The van der Waals surface area contributed by atoms with Crippen molar-refractivity contribution in [3.05, 3.63) is 11.9 Å². The lowest BCUT2D eigenvalue weighted by molar-refractivity contribution is 0.0676. The van der Waals surface area contributed by atoms with Gasteiger partial charge in [0.15, 0.2) is 5.69 Å². The number of hydrogen-bond donors (Lipinski definition) is 1. The van der Waals surface area contributed by atoms with Crippen LogP contribution in [0.15, 0.2) is 6.20 Å². The van der Waals surface area contributed by atoms with Crippen LogP contribution in [0.1, 0.15) is 29.8 Å². The summed E-state index contributed by atoms with van der Waals surface area (Å²) in [7, 11) is 1.63. The summed E-state index contributed by atoms with van der Waals surface area (Å²) in [6, 6.07) is 0. The van der Waals surface area contributed by atoms with Gasteiger partial charge < -0.3 is 14.5 Å². The second-order valence-electron chi connectivity index (χ2n) is 4.74. The van der Waals surface area contributed by atoms with Gasteiger partial charge in [-0.05, 0) is 19.3 Å². The van der Waals surface area contributed by atoms with Gasteiger partial charge in [0, 0.05) is 20.1 Å². The van der Waals surface area contributed by atoms with Crippen LogP contribution < -0.4 is 0 Å². The molecule has 1 N–H and O–H groups in total. The Hall–Kier alpha value is -2.12. The number of amides is 2. The highest BCUT2D eigenvalue weighted by atomic mass is 16.6. The molecule has 110 valence electrons. The van der Waals surface area contributed by atoms with Crippen LogP contribution in [0.2, 0.25) is 0 Å². The number of hydrogen-bond acceptors (Lipinski definition) is 5. The minimum absolute atomic E-state index is 0.176. The minimum atomic E-state index is -0.299. The van der Waals surface area contributed by atoms with Crippen molar-refractivity contribution in [2.45, 2.75) is 19.3 Å². The number of nitrogens with zero attached hydrogens (tertiary/aromatic N) is 4. The molecule has 8 heteroatoms. The lowest BCUT2D eigenvalue weighted by Crippen LogP contribution is -2.38. The Morgan fingerprint density at radius 3 is 2.80 bits per heavy atom. The van der Waals surface area contributed by atoms with Crippen molar-refractivity contribution in [3.63, 3.8) is 0 Å². The first kappa shape index (κ1) is 14.3. The standard InChI is InChI=1S/C12H19N5O3/c1-16(11(18)10-9-13-15-14-10)7-8-20-12(19)17-5-3-2-4-6-17/h9H,2-8H2,1H3,(H,13,14,15). The second kappa shape index (κ2) is 6.88. The molecule has 0 saturated carbocycles. The van der Waals surface area contributed by atoms with E-state index in [1.807, 2.05) is 0 Å². The van der Waals surface area contributed by atoms with E-state index in [9.17, 15) is 9.59 Å². The van der Waals surface area contributed by atoms with Gasteiger partial charge in [0.1, 0.15) is 6.61 Å². The van der Waals surface area contributed by atoms with E-state index in [1.165, 1.54) is 17.5 Å². The van der Waals surface area contributed by atoms with Gasteiger partial charge in [-0.3, -0.25) is 4.79 Å². The Kier molecular flexibility index (Phi) is 4.91. The van der Waals surface area contributed by atoms with Gasteiger partial charge in [-0.2, -0.15) is 15.4 Å². The smallest absolute Gasteiger partial charge is 0.409 e. The Balaban J connectivity index is 1.69. The highest BCUT2D eigenvalue weighted by Gasteiger charge is 2.18. The van der Waals surface area contributed by atoms with Crippen LogP contribution in [0.3, 0.4) is 0 Å². The molecule has 0 bridgehead atoms. The summed E-state index contributed by atoms with van der Waals surface area (Å²) in [6.45, 7) is 2.01. The molecule has 0 aliphatic carbocycles. The van der Waals surface area contributed by atoms with Crippen LogP contribution in [0.25, 0.3) is 0 Å². The molecule has 1 fully saturated rings. The van der Waals surface area contributed by atoms with Crippen molar-refractivity contribution in [1.82, 2.24) is 25.2 Å². The molecule has 1 aromatic heterocycles. The van der Waals surface area contributed by atoms with Crippen LogP contribution >= 0.6 is 0 Å². The highest BCUT2D eigenvalue weighted by Crippen LogP contribution is 2.09. The third kappa shape index (κ3) is 3.69. The van der Waals surface area contributed by atoms with Gasteiger partial charge >= 0.3 is 6.09 Å². The normalized spacial score (nSPS) is 14.9. The van der Waals surface area contributed by atoms with Crippen LogP contribution in [0.5, 0.6) is 0 Å². The number of aromatic nitrogens is 3. The van der Waals surface area contributed by atoms with Crippen LogP contribution in [-0.2, 0) is 4.74 Å². The van der Waals surface area contributed by atoms with E-state index in [4.69, 9.17) is 4.74 Å². The van der Waals surface area contributed by atoms with Gasteiger partial charge in [0.05, 0.1) is 12.7 Å². The Bertz CT molecular complexity index is 442. The maximum atomic E-state index is 11.8. The van der Waals surface area contributed by atoms with E-state index < -0.39 is 0 Å². The quantitative estimate of drug-likeness (QED) is 0.867.